The molecule has 0 aromatic carbocycles. The Morgan fingerprint density at radius 2 is 1.74 bits per heavy atom. The van der Waals surface area contributed by atoms with E-state index in [4.69, 9.17) is 9.47 Å². The van der Waals surface area contributed by atoms with Crippen molar-refractivity contribution in [3.8, 4) is 0 Å². The molecule has 0 saturated heterocycles. The van der Waals surface area contributed by atoms with Crippen LogP contribution in [0, 0.1) is 17.8 Å². The summed E-state index contributed by atoms with van der Waals surface area (Å²) in [5.74, 6) is 0.907. The standard InChI is InChI=1S/C15H18O4/c1-7(2)9-4-10-12(16)11-8(3)5-18-15(11)13(17)14(10)19-6-9/h7-9H,4-6H2,1-3H3. The lowest BCUT2D eigenvalue weighted by molar-refractivity contribution is -0.122. The highest BCUT2D eigenvalue weighted by atomic mass is 16.5. The van der Waals surface area contributed by atoms with Crippen molar-refractivity contribution in [2.24, 2.45) is 17.8 Å². The van der Waals surface area contributed by atoms with Gasteiger partial charge in [-0.3, -0.25) is 9.59 Å². The van der Waals surface area contributed by atoms with Gasteiger partial charge < -0.3 is 9.47 Å². The molecular formula is C15H18O4. The lowest BCUT2D eigenvalue weighted by Gasteiger charge is -2.31. The summed E-state index contributed by atoms with van der Waals surface area (Å²) in [6.45, 7) is 7.06. The lowest BCUT2D eigenvalue weighted by Crippen LogP contribution is -2.33. The van der Waals surface area contributed by atoms with Gasteiger partial charge in [-0.05, 0) is 18.3 Å². The Morgan fingerprint density at radius 3 is 2.42 bits per heavy atom. The van der Waals surface area contributed by atoms with E-state index in [1.165, 1.54) is 0 Å². The molecule has 4 nitrogen and oxygen atoms in total. The normalized spacial score (nSPS) is 30.3. The Labute approximate surface area is 112 Å². The van der Waals surface area contributed by atoms with Gasteiger partial charge in [0.25, 0.3) is 5.78 Å². The molecule has 3 aliphatic rings. The molecule has 4 heteroatoms. The summed E-state index contributed by atoms with van der Waals surface area (Å²) >= 11 is 0. The van der Waals surface area contributed by atoms with Crippen molar-refractivity contribution in [2.75, 3.05) is 13.2 Å². The van der Waals surface area contributed by atoms with E-state index in [2.05, 4.69) is 13.8 Å². The highest BCUT2D eigenvalue weighted by Gasteiger charge is 2.44. The van der Waals surface area contributed by atoms with Crippen molar-refractivity contribution in [2.45, 2.75) is 27.2 Å². The lowest BCUT2D eigenvalue weighted by atomic mass is 9.80. The number of ether oxygens (including phenoxy) is 2. The summed E-state index contributed by atoms with van der Waals surface area (Å²) in [5, 5.41) is 0. The van der Waals surface area contributed by atoms with E-state index in [1.54, 1.807) is 0 Å². The highest BCUT2D eigenvalue weighted by Crippen LogP contribution is 2.40. The smallest absolute Gasteiger partial charge is 0.262 e. The first kappa shape index (κ1) is 12.5. The fraction of sp³-hybridized carbons (Fsp3) is 0.600. The molecular weight excluding hydrogens is 244 g/mol. The number of hydrogen-bond acceptors (Lipinski definition) is 4. The van der Waals surface area contributed by atoms with E-state index in [0.717, 1.165) is 0 Å². The summed E-state index contributed by atoms with van der Waals surface area (Å²) in [7, 11) is 0. The van der Waals surface area contributed by atoms with Gasteiger partial charge in [0.1, 0.15) is 0 Å². The van der Waals surface area contributed by atoms with Gasteiger partial charge in [-0.25, -0.2) is 0 Å². The minimum atomic E-state index is -0.240. The maximum atomic E-state index is 12.5. The number of carbonyl (C=O) groups excluding carboxylic acids is 2. The maximum Gasteiger partial charge on any atom is 0.262 e. The van der Waals surface area contributed by atoms with E-state index in [1.807, 2.05) is 6.92 Å². The van der Waals surface area contributed by atoms with Crippen LogP contribution in [-0.2, 0) is 19.1 Å². The molecule has 2 unspecified atom stereocenters. The number of hydrogen-bond donors (Lipinski definition) is 0. The molecule has 0 radical (unpaired) electrons. The third kappa shape index (κ3) is 1.73. The van der Waals surface area contributed by atoms with Gasteiger partial charge in [-0.2, -0.15) is 0 Å². The van der Waals surface area contributed by atoms with Crippen LogP contribution in [0.15, 0.2) is 22.7 Å². The summed E-state index contributed by atoms with van der Waals surface area (Å²) in [5.41, 5.74) is 1.11. The highest BCUT2D eigenvalue weighted by molar-refractivity contribution is 6.24. The first-order valence-corrected chi connectivity index (χ1v) is 6.83. The van der Waals surface area contributed by atoms with Gasteiger partial charge >= 0.3 is 0 Å². The molecule has 0 saturated carbocycles. The van der Waals surface area contributed by atoms with Crippen LogP contribution in [0.5, 0.6) is 0 Å². The van der Waals surface area contributed by atoms with E-state index < -0.39 is 0 Å². The number of allylic oxidation sites excluding steroid dienone is 1. The second-order valence-electron chi connectivity index (χ2n) is 5.94. The Bertz CT molecular complexity index is 524. The molecule has 1 aliphatic carbocycles. The molecule has 102 valence electrons. The van der Waals surface area contributed by atoms with Gasteiger partial charge in [0.15, 0.2) is 17.3 Å². The third-order valence-electron chi connectivity index (χ3n) is 4.27. The molecule has 2 heterocycles. The topological polar surface area (TPSA) is 52.6 Å². The fourth-order valence-electron chi connectivity index (χ4n) is 2.89. The van der Waals surface area contributed by atoms with Gasteiger partial charge in [0.05, 0.1) is 18.8 Å². The van der Waals surface area contributed by atoms with Crippen molar-refractivity contribution in [3.05, 3.63) is 22.7 Å². The number of Topliss-reactive ketones (excluding diaryl/α,β-unsaturated/α-hetero) is 2. The predicted molar refractivity (Wildman–Crippen MR) is 68.1 cm³/mol. The number of ketones is 2. The van der Waals surface area contributed by atoms with Crippen molar-refractivity contribution in [3.63, 3.8) is 0 Å². The van der Waals surface area contributed by atoms with Crippen LogP contribution < -0.4 is 0 Å². The Kier molecular flexibility index (Phi) is 2.77. The van der Waals surface area contributed by atoms with E-state index >= 15 is 0 Å². The number of carbonyl (C=O) groups is 2. The predicted octanol–water partition coefficient (Wildman–Crippen LogP) is 2.01. The molecule has 0 aromatic rings. The SMILES string of the molecule is CC1COC2=C1C(=O)C1=C(OCC(C(C)C)C1)C2=O. The summed E-state index contributed by atoms with van der Waals surface area (Å²) in [4.78, 5) is 24.8. The molecule has 19 heavy (non-hydrogen) atoms. The molecule has 0 N–H and O–H groups in total. The monoisotopic (exact) mass is 262 g/mol. The average Bonchev–Trinajstić information content (AvgIpc) is 2.78. The van der Waals surface area contributed by atoms with Crippen LogP contribution in [0.2, 0.25) is 0 Å². The second-order valence-corrected chi connectivity index (χ2v) is 5.94. The molecule has 0 spiro atoms. The quantitative estimate of drug-likeness (QED) is 0.678. The zero-order valence-electron chi connectivity index (χ0n) is 11.5. The zero-order valence-corrected chi connectivity index (χ0v) is 11.5. The van der Waals surface area contributed by atoms with Crippen LogP contribution in [0.1, 0.15) is 27.2 Å². The zero-order chi connectivity index (χ0) is 13.7. The first-order valence-electron chi connectivity index (χ1n) is 6.83. The van der Waals surface area contributed by atoms with Gasteiger partial charge in [-0.15, -0.1) is 0 Å². The minimum absolute atomic E-state index is 0.0000680. The Balaban J connectivity index is 1.99. The molecule has 3 rings (SSSR count). The molecule has 2 atom stereocenters. The Morgan fingerprint density at radius 1 is 1.05 bits per heavy atom. The van der Waals surface area contributed by atoms with E-state index in [-0.39, 0.29) is 29.0 Å². The summed E-state index contributed by atoms with van der Waals surface area (Å²) < 4.78 is 10.9. The van der Waals surface area contributed by atoms with Gasteiger partial charge in [-0.1, -0.05) is 20.8 Å². The van der Waals surface area contributed by atoms with Crippen LogP contribution in [0.4, 0.5) is 0 Å². The third-order valence-corrected chi connectivity index (χ3v) is 4.27. The van der Waals surface area contributed by atoms with Crippen molar-refractivity contribution < 1.29 is 19.1 Å². The van der Waals surface area contributed by atoms with Crippen molar-refractivity contribution >= 4 is 11.6 Å². The minimum Gasteiger partial charge on any atom is -0.489 e. The van der Waals surface area contributed by atoms with Crippen LogP contribution in [0.25, 0.3) is 0 Å². The largest absolute Gasteiger partial charge is 0.489 e. The maximum absolute atomic E-state index is 12.5. The molecule has 2 aliphatic heterocycles. The molecule has 0 bridgehead atoms. The van der Waals surface area contributed by atoms with Crippen molar-refractivity contribution in [1.29, 1.82) is 0 Å². The Hall–Kier alpha value is -1.58. The summed E-state index contributed by atoms with van der Waals surface area (Å²) in [6.07, 6.45) is 0.640. The average molecular weight is 262 g/mol. The molecule has 0 fully saturated rings. The second kappa shape index (κ2) is 4.22. The van der Waals surface area contributed by atoms with Gasteiger partial charge in [0.2, 0.25) is 0 Å². The van der Waals surface area contributed by atoms with Crippen LogP contribution in [0.3, 0.4) is 0 Å². The number of rotatable bonds is 1. The molecule has 0 aromatic heterocycles. The first-order chi connectivity index (χ1) is 9.00. The van der Waals surface area contributed by atoms with Crippen LogP contribution >= 0.6 is 0 Å². The van der Waals surface area contributed by atoms with E-state index in [0.29, 0.717) is 42.6 Å². The van der Waals surface area contributed by atoms with Gasteiger partial charge in [0, 0.05) is 11.5 Å². The van der Waals surface area contributed by atoms with E-state index in [9.17, 15) is 9.59 Å². The fourth-order valence-corrected chi connectivity index (χ4v) is 2.89. The van der Waals surface area contributed by atoms with Crippen LogP contribution in [-0.4, -0.2) is 24.8 Å². The molecule has 0 amide bonds. The van der Waals surface area contributed by atoms with Crippen molar-refractivity contribution in [1.82, 2.24) is 0 Å². The summed E-state index contributed by atoms with van der Waals surface area (Å²) in [6, 6.07) is 0.